The maximum atomic E-state index is 12.3. The van der Waals surface area contributed by atoms with E-state index in [1.54, 1.807) is 0 Å². The van der Waals surface area contributed by atoms with Gasteiger partial charge in [0, 0.05) is 0 Å². The average molecular weight is 259 g/mol. The molecule has 96 valence electrons. The van der Waals surface area contributed by atoms with E-state index < -0.39 is 24.4 Å². The number of methoxy groups -OCH3 is 1. The predicted molar refractivity (Wildman–Crippen MR) is 55.7 cm³/mol. The van der Waals surface area contributed by atoms with Crippen molar-refractivity contribution in [3.63, 3.8) is 0 Å². The number of fused-ring (bicyclic) bond motifs is 1. The van der Waals surface area contributed by atoms with E-state index in [0.29, 0.717) is 10.6 Å². The van der Waals surface area contributed by atoms with E-state index in [1.165, 1.54) is 25.3 Å². The Morgan fingerprint density at radius 2 is 1.94 bits per heavy atom. The molecule has 1 aliphatic heterocycles. The van der Waals surface area contributed by atoms with Crippen molar-refractivity contribution in [1.29, 1.82) is 0 Å². The van der Waals surface area contributed by atoms with Gasteiger partial charge in [0.2, 0.25) is 0 Å². The van der Waals surface area contributed by atoms with Gasteiger partial charge in [-0.05, 0) is 18.2 Å². The van der Waals surface area contributed by atoms with Crippen LogP contribution < -0.4 is 9.64 Å². The van der Waals surface area contributed by atoms with Crippen molar-refractivity contribution in [1.82, 2.24) is 0 Å². The molecule has 1 aromatic rings. The average Bonchev–Trinajstić information content (AvgIpc) is 2.52. The highest BCUT2D eigenvalue weighted by atomic mass is 19.4. The lowest BCUT2D eigenvalue weighted by Gasteiger charge is -2.18. The zero-order chi connectivity index (χ0) is 13.5. The Bertz CT molecular complexity index is 525. The molecule has 0 radical (unpaired) electrons. The quantitative estimate of drug-likeness (QED) is 0.761. The molecule has 0 saturated carbocycles. The molecule has 0 bridgehead atoms. The van der Waals surface area contributed by atoms with E-state index in [4.69, 9.17) is 4.74 Å². The number of carbonyl (C=O) groups is 2. The van der Waals surface area contributed by atoms with Crippen LogP contribution in [0.1, 0.15) is 10.4 Å². The van der Waals surface area contributed by atoms with E-state index in [9.17, 15) is 22.8 Å². The molecule has 0 aliphatic carbocycles. The van der Waals surface area contributed by atoms with Crippen LogP contribution in [0.4, 0.5) is 18.9 Å². The minimum atomic E-state index is -4.56. The number of hydrogen-bond donors (Lipinski definition) is 0. The van der Waals surface area contributed by atoms with Crippen molar-refractivity contribution < 1.29 is 27.5 Å². The molecule has 18 heavy (non-hydrogen) atoms. The van der Waals surface area contributed by atoms with Crippen LogP contribution in [0.15, 0.2) is 18.2 Å². The van der Waals surface area contributed by atoms with Gasteiger partial charge in [0.25, 0.3) is 11.7 Å². The molecule has 1 aromatic carbocycles. The van der Waals surface area contributed by atoms with Crippen LogP contribution in [0.5, 0.6) is 5.75 Å². The van der Waals surface area contributed by atoms with Crippen LogP contribution >= 0.6 is 0 Å². The number of nitrogens with zero attached hydrogens (tertiary/aromatic N) is 1. The summed E-state index contributed by atoms with van der Waals surface area (Å²) in [5.41, 5.74) is -0.105. The molecule has 0 atom stereocenters. The van der Waals surface area contributed by atoms with Crippen molar-refractivity contribution in [2.75, 3.05) is 18.6 Å². The molecule has 0 fully saturated rings. The lowest BCUT2D eigenvalue weighted by molar-refractivity contribution is -0.129. The van der Waals surface area contributed by atoms with Gasteiger partial charge in [0.15, 0.2) is 0 Å². The predicted octanol–water partition coefficient (Wildman–Crippen LogP) is 1.79. The Kier molecular flexibility index (Phi) is 2.76. The molecule has 0 unspecified atom stereocenters. The molecule has 1 aliphatic rings. The van der Waals surface area contributed by atoms with Crippen LogP contribution in [0.3, 0.4) is 0 Å². The molecular weight excluding hydrogens is 251 g/mol. The highest BCUT2D eigenvalue weighted by Crippen LogP contribution is 2.34. The van der Waals surface area contributed by atoms with Crippen molar-refractivity contribution in [3.8, 4) is 5.75 Å². The second kappa shape index (κ2) is 4.01. The van der Waals surface area contributed by atoms with Gasteiger partial charge in [-0.15, -0.1) is 0 Å². The summed E-state index contributed by atoms with van der Waals surface area (Å²) < 4.78 is 41.8. The molecule has 7 heteroatoms. The SMILES string of the molecule is COc1ccc2c(c1)C(=O)C(=O)N2CC(F)(F)F. The molecular formula is C11H8F3NO3. The molecule has 0 aromatic heterocycles. The number of ether oxygens (including phenoxy) is 1. The maximum absolute atomic E-state index is 12.3. The van der Waals surface area contributed by atoms with E-state index in [2.05, 4.69) is 0 Å². The zero-order valence-corrected chi connectivity index (χ0v) is 9.25. The summed E-state index contributed by atoms with van der Waals surface area (Å²) in [6, 6.07) is 3.92. The molecule has 1 heterocycles. The second-order valence-electron chi connectivity index (χ2n) is 3.72. The smallest absolute Gasteiger partial charge is 0.406 e. The zero-order valence-electron chi connectivity index (χ0n) is 9.25. The summed E-state index contributed by atoms with van der Waals surface area (Å²) in [5.74, 6) is -1.81. The molecule has 0 spiro atoms. The first-order valence-electron chi connectivity index (χ1n) is 4.94. The first kappa shape index (κ1) is 12.4. The second-order valence-corrected chi connectivity index (χ2v) is 3.72. The molecule has 0 N–H and O–H groups in total. The number of carbonyl (C=O) groups excluding carboxylic acids is 2. The van der Waals surface area contributed by atoms with E-state index in [0.717, 1.165) is 0 Å². The van der Waals surface area contributed by atoms with Gasteiger partial charge in [0.05, 0.1) is 18.4 Å². The number of Topliss-reactive ketones (excluding diaryl/α,β-unsaturated/α-hetero) is 1. The maximum Gasteiger partial charge on any atom is 0.406 e. The number of anilines is 1. The summed E-state index contributed by atoms with van der Waals surface area (Å²) >= 11 is 0. The van der Waals surface area contributed by atoms with Crippen LogP contribution in [0, 0.1) is 0 Å². The number of hydrogen-bond acceptors (Lipinski definition) is 3. The summed E-state index contributed by atoms with van der Waals surface area (Å²) in [5, 5.41) is 0. The highest BCUT2D eigenvalue weighted by molar-refractivity contribution is 6.52. The lowest BCUT2D eigenvalue weighted by atomic mass is 10.1. The molecule has 4 nitrogen and oxygen atoms in total. The fraction of sp³-hybridized carbons (Fsp3) is 0.273. The first-order valence-corrected chi connectivity index (χ1v) is 4.94. The fourth-order valence-electron chi connectivity index (χ4n) is 1.74. The topological polar surface area (TPSA) is 46.6 Å². The fourth-order valence-corrected chi connectivity index (χ4v) is 1.74. The van der Waals surface area contributed by atoms with Gasteiger partial charge in [-0.2, -0.15) is 13.2 Å². The van der Waals surface area contributed by atoms with E-state index >= 15 is 0 Å². The van der Waals surface area contributed by atoms with E-state index in [-0.39, 0.29) is 11.3 Å². The van der Waals surface area contributed by atoms with Crippen LogP contribution in [0.25, 0.3) is 0 Å². The van der Waals surface area contributed by atoms with Crippen molar-refractivity contribution in [2.24, 2.45) is 0 Å². The summed E-state index contributed by atoms with van der Waals surface area (Å²) in [4.78, 5) is 23.4. The number of halogens is 3. The lowest BCUT2D eigenvalue weighted by Crippen LogP contribution is -2.38. The third kappa shape index (κ3) is 2.03. The van der Waals surface area contributed by atoms with Gasteiger partial charge in [0.1, 0.15) is 12.3 Å². The van der Waals surface area contributed by atoms with Crippen molar-refractivity contribution >= 4 is 17.4 Å². The Labute approximate surface area is 99.9 Å². The summed E-state index contributed by atoms with van der Waals surface area (Å²) in [7, 11) is 1.36. The minimum absolute atomic E-state index is 0.0388. The van der Waals surface area contributed by atoms with Gasteiger partial charge in [-0.3, -0.25) is 14.5 Å². The monoisotopic (exact) mass is 259 g/mol. The number of benzene rings is 1. The third-order valence-corrected chi connectivity index (χ3v) is 2.52. The number of ketones is 1. The normalized spacial score (nSPS) is 15.0. The summed E-state index contributed by atoms with van der Waals surface area (Å²) in [6.45, 7) is -1.48. The summed E-state index contributed by atoms with van der Waals surface area (Å²) in [6.07, 6.45) is -4.56. The largest absolute Gasteiger partial charge is 0.497 e. The highest BCUT2D eigenvalue weighted by Gasteiger charge is 2.42. The van der Waals surface area contributed by atoms with E-state index in [1.807, 2.05) is 0 Å². The van der Waals surface area contributed by atoms with Crippen LogP contribution in [0.2, 0.25) is 0 Å². The number of amides is 1. The Hall–Kier alpha value is -2.05. The standard InChI is InChI=1S/C11H8F3NO3/c1-18-6-2-3-8-7(4-6)9(16)10(17)15(8)5-11(12,13)14/h2-4H,5H2,1H3. The minimum Gasteiger partial charge on any atom is -0.497 e. The van der Waals surface area contributed by atoms with Gasteiger partial charge in [-0.1, -0.05) is 0 Å². The molecule has 1 amide bonds. The third-order valence-electron chi connectivity index (χ3n) is 2.52. The first-order chi connectivity index (χ1) is 8.33. The van der Waals surface area contributed by atoms with Gasteiger partial charge >= 0.3 is 6.18 Å². The van der Waals surface area contributed by atoms with Crippen LogP contribution in [-0.4, -0.2) is 31.5 Å². The van der Waals surface area contributed by atoms with Gasteiger partial charge in [-0.25, -0.2) is 0 Å². The Morgan fingerprint density at radius 3 is 2.50 bits per heavy atom. The molecule has 2 rings (SSSR count). The van der Waals surface area contributed by atoms with Crippen LogP contribution in [-0.2, 0) is 4.79 Å². The van der Waals surface area contributed by atoms with Crippen molar-refractivity contribution in [3.05, 3.63) is 23.8 Å². The number of rotatable bonds is 2. The van der Waals surface area contributed by atoms with Crippen molar-refractivity contribution in [2.45, 2.75) is 6.18 Å². The number of alkyl halides is 3. The molecule has 0 saturated heterocycles. The van der Waals surface area contributed by atoms with Gasteiger partial charge < -0.3 is 4.74 Å². The Morgan fingerprint density at radius 1 is 1.28 bits per heavy atom. The Balaban J connectivity index is 2.43.